The highest BCUT2D eigenvalue weighted by Crippen LogP contribution is 2.24. The van der Waals surface area contributed by atoms with E-state index in [4.69, 9.17) is 0 Å². The summed E-state index contributed by atoms with van der Waals surface area (Å²) >= 11 is 1.48. The smallest absolute Gasteiger partial charge is 0.264 e. The number of thiophene rings is 1. The molecule has 0 atom stereocenters. The zero-order valence-corrected chi connectivity index (χ0v) is 18.7. The fourth-order valence-electron chi connectivity index (χ4n) is 4.26. The number of amides is 3. The highest BCUT2D eigenvalue weighted by Gasteiger charge is 2.33. The second kappa shape index (κ2) is 9.36. The molecule has 0 radical (unpaired) electrons. The van der Waals surface area contributed by atoms with Crippen LogP contribution < -0.4 is 0 Å². The highest BCUT2D eigenvalue weighted by molar-refractivity contribution is 7.13. The highest BCUT2D eigenvalue weighted by atomic mass is 32.1. The quantitative estimate of drug-likeness (QED) is 0.706. The summed E-state index contributed by atoms with van der Waals surface area (Å²) in [4.78, 5) is 45.0. The molecular formula is C23H25F2N3O3S. The number of piperazine rings is 1. The fraction of sp³-hybridized carbons (Fsp3) is 0.435. The molecule has 2 aliphatic rings. The lowest BCUT2D eigenvalue weighted by molar-refractivity contribution is -0.138. The molecular weight excluding hydrogens is 436 g/mol. The van der Waals surface area contributed by atoms with Crippen molar-refractivity contribution in [3.63, 3.8) is 0 Å². The molecule has 0 N–H and O–H groups in total. The van der Waals surface area contributed by atoms with Gasteiger partial charge in [-0.2, -0.15) is 0 Å². The van der Waals surface area contributed by atoms with Crippen LogP contribution in [-0.4, -0.2) is 71.7 Å². The summed E-state index contributed by atoms with van der Waals surface area (Å²) in [5.74, 6) is -2.23. The van der Waals surface area contributed by atoms with Crippen molar-refractivity contribution >= 4 is 29.1 Å². The Morgan fingerprint density at radius 1 is 0.844 bits per heavy atom. The Bertz CT molecular complexity index is 1030. The van der Waals surface area contributed by atoms with Gasteiger partial charge in [-0.25, -0.2) is 8.78 Å². The van der Waals surface area contributed by atoms with Crippen LogP contribution in [0.15, 0.2) is 30.3 Å². The lowest BCUT2D eigenvalue weighted by atomic mass is 9.94. The first kappa shape index (κ1) is 22.4. The summed E-state index contributed by atoms with van der Waals surface area (Å²) in [6.45, 7) is 4.66. The van der Waals surface area contributed by atoms with E-state index in [1.807, 2.05) is 19.1 Å². The van der Waals surface area contributed by atoms with Crippen molar-refractivity contribution < 1.29 is 23.2 Å². The minimum Gasteiger partial charge on any atom is -0.339 e. The zero-order chi connectivity index (χ0) is 22.8. The maximum absolute atomic E-state index is 13.9. The number of likely N-dealkylation sites (tertiary alicyclic amines) is 1. The van der Waals surface area contributed by atoms with Crippen LogP contribution in [0.5, 0.6) is 0 Å². The van der Waals surface area contributed by atoms with E-state index in [1.165, 1.54) is 16.2 Å². The average Bonchev–Trinajstić information content (AvgIpc) is 3.24. The van der Waals surface area contributed by atoms with Gasteiger partial charge in [-0.15, -0.1) is 11.3 Å². The molecule has 2 saturated heterocycles. The summed E-state index contributed by atoms with van der Waals surface area (Å²) in [5, 5.41) is 0. The first-order valence-corrected chi connectivity index (χ1v) is 11.5. The predicted octanol–water partition coefficient (Wildman–Crippen LogP) is 3.17. The first-order valence-electron chi connectivity index (χ1n) is 10.7. The lowest BCUT2D eigenvalue weighted by Gasteiger charge is -2.38. The maximum atomic E-state index is 13.9. The number of rotatable bonds is 3. The number of nitrogens with zero attached hydrogens (tertiary/aromatic N) is 3. The number of carbonyl (C=O) groups excluding carboxylic acids is 3. The van der Waals surface area contributed by atoms with Gasteiger partial charge in [-0.1, -0.05) is 0 Å². The van der Waals surface area contributed by atoms with Crippen molar-refractivity contribution in [1.82, 2.24) is 14.7 Å². The third-order valence-corrected chi connectivity index (χ3v) is 7.11. The Hall–Kier alpha value is -2.81. The van der Waals surface area contributed by atoms with E-state index in [-0.39, 0.29) is 23.3 Å². The number of carbonyl (C=O) groups is 3. The largest absolute Gasteiger partial charge is 0.339 e. The van der Waals surface area contributed by atoms with E-state index in [2.05, 4.69) is 0 Å². The Kier molecular flexibility index (Phi) is 6.55. The molecule has 3 amide bonds. The number of aryl methyl sites for hydroxylation is 1. The zero-order valence-electron chi connectivity index (χ0n) is 17.9. The van der Waals surface area contributed by atoms with Gasteiger partial charge in [0.1, 0.15) is 11.6 Å². The topological polar surface area (TPSA) is 60.9 Å². The normalized spacial score (nSPS) is 17.5. The molecule has 3 heterocycles. The third kappa shape index (κ3) is 4.67. The van der Waals surface area contributed by atoms with E-state index in [9.17, 15) is 23.2 Å². The minimum atomic E-state index is -0.877. The van der Waals surface area contributed by atoms with Crippen molar-refractivity contribution in [2.45, 2.75) is 19.8 Å². The summed E-state index contributed by atoms with van der Waals surface area (Å²) in [7, 11) is 0. The number of piperidine rings is 1. The summed E-state index contributed by atoms with van der Waals surface area (Å²) in [6, 6.07) is 6.69. The molecule has 6 nitrogen and oxygen atoms in total. The Morgan fingerprint density at radius 2 is 1.47 bits per heavy atom. The van der Waals surface area contributed by atoms with Crippen LogP contribution in [0.4, 0.5) is 8.78 Å². The second-order valence-corrected chi connectivity index (χ2v) is 9.51. The fourth-order valence-corrected chi connectivity index (χ4v) is 5.09. The minimum absolute atomic E-state index is 0.00930. The van der Waals surface area contributed by atoms with Gasteiger partial charge in [0, 0.05) is 56.1 Å². The van der Waals surface area contributed by atoms with Crippen LogP contribution >= 0.6 is 11.3 Å². The lowest BCUT2D eigenvalue weighted by Crippen LogP contribution is -2.53. The SMILES string of the molecule is Cc1ccc(C(=O)N2CCN(C(=O)C3CCN(C(=O)c4ccc(F)cc4F)CC3)CC2)s1. The number of hydrogen-bond donors (Lipinski definition) is 0. The Labute approximate surface area is 189 Å². The molecule has 4 rings (SSSR count). The molecule has 0 aliphatic carbocycles. The first-order chi connectivity index (χ1) is 15.3. The molecule has 1 aromatic carbocycles. The van der Waals surface area contributed by atoms with E-state index in [0.717, 1.165) is 21.9 Å². The molecule has 1 aromatic heterocycles. The molecule has 170 valence electrons. The van der Waals surface area contributed by atoms with Crippen LogP contribution in [0.1, 0.15) is 37.7 Å². The molecule has 32 heavy (non-hydrogen) atoms. The standard InChI is InChI=1S/C23H25F2N3O3S/c1-15-2-5-20(32-15)23(31)28-12-10-27(11-13-28)21(29)16-6-8-26(9-7-16)22(30)18-4-3-17(24)14-19(18)25/h2-5,14,16H,6-13H2,1H3. The molecule has 0 bridgehead atoms. The summed E-state index contributed by atoms with van der Waals surface area (Å²) < 4.78 is 27.0. The average molecular weight is 462 g/mol. The molecule has 2 fully saturated rings. The van der Waals surface area contributed by atoms with Crippen LogP contribution in [0, 0.1) is 24.5 Å². The van der Waals surface area contributed by atoms with Crippen molar-refractivity contribution in [2.24, 2.45) is 5.92 Å². The van der Waals surface area contributed by atoms with Gasteiger partial charge in [0.2, 0.25) is 5.91 Å². The van der Waals surface area contributed by atoms with Gasteiger partial charge in [-0.05, 0) is 44.0 Å². The van der Waals surface area contributed by atoms with Crippen LogP contribution in [0.2, 0.25) is 0 Å². The molecule has 0 spiro atoms. The molecule has 9 heteroatoms. The van der Waals surface area contributed by atoms with Crippen LogP contribution in [0.25, 0.3) is 0 Å². The Balaban J connectivity index is 1.27. The third-order valence-electron chi connectivity index (χ3n) is 6.12. The molecule has 2 aromatic rings. The van der Waals surface area contributed by atoms with E-state index >= 15 is 0 Å². The van der Waals surface area contributed by atoms with Crippen molar-refractivity contribution in [3.8, 4) is 0 Å². The van der Waals surface area contributed by atoms with Crippen LogP contribution in [-0.2, 0) is 4.79 Å². The van der Waals surface area contributed by atoms with Crippen molar-refractivity contribution in [2.75, 3.05) is 39.3 Å². The van der Waals surface area contributed by atoms with Crippen molar-refractivity contribution in [1.29, 1.82) is 0 Å². The number of hydrogen-bond acceptors (Lipinski definition) is 4. The van der Waals surface area contributed by atoms with Gasteiger partial charge in [-0.3, -0.25) is 14.4 Å². The summed E-state index contributed by atoms with van der Waals surface area (Å²) in [6.07, 6.45) is 1.00. The van der Waals surface area contributed by atoms with Gasteiger partial charge in [0.25, 0.3) is 11.8 Å². The van der Waals surface area contributed by atoms with Gasteiger partial charge >= 0.3 is 0 Å². The second-order valence-electron chi connectivity index (χ2n) is 8.22. The summed E-state index contributed by atoms with van der Waals surface area (Å²) in [5.41, 5.74) is -0.155. The van der Waals surface area contributed by atoms with Gasteiger partial charge < -0.3 is 14.7 Å². The van der Waals surface area contributed by atoms with Gasteiger partial charge in [0.05, 0.1) is 10.4 Å². The van der Waals surface area contributed by atoms with E-state index in [1.54, 1.807) is 9.80 Å². The monoisotopic (exact) mass is 461 g/mol. The maximum Gasteiger partial charge on any atom is 0.264 e. The number of benzene rings is 1. The van der Waals surface area contributed by atoms with Gasteiger partial charge in [0.15, 0.2) is 0 Å². The molecule has 0 unspecified atom stereocenters. The van der Waals surface area contributed by atoms with E-state index < -0.39 is 17.5 Å². The van der Waals surface area contributed by atoms with Crippen molar-refractivity contribution in [3.05, 3.63) is 57.3 Å². The number of halogens is 2. The predicted molar refractivity (Wildman–Crippen MR) is 117 cm³/mol. The van der Waals surface area contributed by atoms with Crippen LogP contribution in [0.3, 0.4) is 0 Å². The Morgan fingerprint density at radius 3 is 2.06 bits per heavy atom. The molecule has 0 saturated carbocycles. The van der Waals surface area contributed by atoms with E-state index in [0.29, 0.717) is 58.2 Å². The molecule has 2 aliphatic heterocycles.